The molecule has 0 aliphatic carbocycles. The lowest BCUT2D eigenvalue weighted by molar-refractivity contribution is 0.0690. The molecule has 0 spiro atoms. The van der Waals surface area contributed by atoms with Gasteiger partial charge in [0.1, 0.15) is 0 Å². The van der Waals surface area contributed by atoms with Crippen LogP contribution in [0.3, 0.4) is 0 Å². The quantitative estimate of drug-likeness (QED) is 0.397. The maximum absolute atomic E-state index is 10.5. The Hall–Kier alpha value is -1.51. The van der Waals surface area contributed by atoms with E-state index in [9.17, 15) is 4.79 Å². The van der Waals surface area contributed by atoms with Gasteiger partial charge < -0.3 is 20.6 Å². The summed E-state index contributed by atoms with van der Waals surface area (Å²) in [6, 6.07) is 0. The number of carbonyl (C=O) groups is 1. The van der Waals surface area contributed by atoms with Crippen LogP contribution in [0.1, 0.15) is 10.5 Å². The highest BCUT2D eigenvalue weighted by atomic mass is 16.4. The number of carboxylic acid groups (broad SMARTS) is 1. The fourth-order valence-electron chi connectivity index (χ4n) is 1.03. The van der Waals surface area contributed by atoms with Crippen molar-refractivity contribution in [3.05, 3.63) is 11.9 Å². The van der Waals surface area contributed by atoms with E-state index in [0.717, 1.165) is 0 Å². The second-order valence-electron chi connectivity index (χ2n) is 3.21. The molecule has 0 bridgehead atoms. The maximum atomic E-state index is 10.5. The molecule has 1 rings (SSSR count). The molecule has 4 N–H and O–H groups in total. The summed E-state index contributed by atoms with van der Waals surface area (Å²) in [4.78, 5) is 10.5. The smallest absolute Gasteiger partial charge is 0.358 e. The Labute approximate surface area is 91.5 Å². The summed E-state index contributed by atoms with van der Waals surface area (Å²) < 4.78 is 1.39. The number of carboxylic acids is 1. The van der Waals surface area contributed by atoms with Gasteiger partial charge in [-0.3, -0.25) is 4.68 Å². The summed E-state index contributed by atoms with van der Waals surface area (Å²) in [6.45, 7) is 0.925. The van der Waals surface area contributed by atoms with E-state index in [0.29, 0.717) is 13.1 Å². The van der Waals surface area contributed by atoms with Crippen LogP contribution in [0.2, 0.25) is 0 Å². The Morgan fingerprint density at radius 2 is 2.38 bits per heavy atom. The van der Waals surface area contributed by atoms with Gasteiger partial charge in [-0.2, -0.15) is 0 Å². The third kappa shape index (κ3) is 3.93. The van der Waals surface area contributed by atoms with Crippen molar-refractivity contribution < 1.29 is 20.1 Å². The van der Waals surface area contributed by atoms with Crippen molar-refractivity contribution in [2.75, 3.05) is 19.7 Å². The fourth-order valence-corrected chi connectivity index (χ4v) is 1.03. The van der Waals surface area contributed by atoms with Crippen LogP contribution in [-0.4, -0.2) is 62.1 Å². The molecule has 0 radical (unpaired) electrons. The molecule has 90 valence electrons. The van der Waals surface area contributed by atoms with Crippen LogP contribution < -0.4 is 5.32 Å². The number of aromatic nitrogens is 3. The minimum absolute atomic E-state index is 0.101. The molecule has 1 unspecified atom stereocenters. The molecule has 0 aliphatic heterocycles. The second-order valence-corrected chi connectivity index (χ2v) is 3.21. The van der Waals surface area contributed by atoms with Gasteiger partial charge >= 0.3 is 5.97 Å². The van der Waals surface area contributed by atoms with Crippen molar-refractivity contribution >= 4 is 5.97 Å². The summed E-state index contributed by atoms with van der Waals surface area (Å²) in [5.41, 5.74) is -0.101. The number of aliphatic hydroxyl groups is 2. The number of aromatic carboxylic acids is 1. The standard InChI is InChI=1S/C8H14N4O4/c13-5-6(14)3-9-1-2-12-4-7(8(15)16)10-11-12/h4,6,9,13-14H,1-3,5H2,(H,15,16). The van der Waals surface area contributed by atoms with Crippen molar-refractivity contribution in [2.24, 2.45) is 0 Å². The van der Waals surface area contributed by atoms with E-state index in [1.54, 1.807) is 0 Å². The van der Waals surface area contributed by atoms with E-state index in [4.69, 9.17) is 15.3 Å². The van der Waals surface area contributed by atoms with Gasteiger partial charge in [-0.1, -0.05) is 5.21 Å². The van der Waals surface area contributed by atoms with Gasteiger partial charge in [0, 0.05) is 13.1 Å². The molecule has 1 atom stereocenters. The zero-order valence-corrected chi connectivity index (χ0v) is 8.57. The van der Waals surface area contributed by atoms with Gasteiger partial charge in [0.15, 0.2) is 5.69 Å². The number of hydrogen-bond donors (Lipinski definition) is 4. The van der Waals surface area contributed by atoms with E-state index < -0.39 is 12.1 Å². The number of aliphatic hydroxyl groups excluding tert-OH is 2. The summed E-state index contributed by atoms with van der Waals surface area (Å²) in [7, 11) is 0. The largest absolute Gasteiger partial charge is 0.476 e. The lowest BCUT2D eigenvalue weighted by atomic mass is 10.4. The van der Waals surface area contributed by atoms with E-state index in [2.05, 4.69) is 15.6 Å². The van der Waals surface area contributed by atoms with E-state index in [1.165, 1.54) is 10.9 Å². The van der Waals surface area contributed by atoms with Crippen molar-refractivity contribution in [1.29, 1.82) is 0 Å². The molecule has 1 aromatic heterocycles. The molecular formula is C8H14N4O4. The van der Waals surface area contributed by atoms with E-state index in [1.807, 2.05) is 0 Å². The zero-order valence-electron chi connectivity index (χ0n) is 8.57. The van der Waals surface area contributed by atoms with Crippen LogP contribution in [0.5, 0.6) is 0 Å². The molecule has 1 aromatic rings. The van der Waals surface area contributed by atoms with Crippen LogP contribution in [0.25, 0.3) is 0 Å². The lowest BCUT2D eigenvalue weighted by Crippen LogP contribution is -2.31. The highest BCUT2D eigenvalue weighted by molar-refractivity contribution is 5.84. The molecule has 8 heteroatoms. The number of rotatable bonds is 7. The predicted molar refractivity (Wildman–Crippen MR) is 52.9 cm³/mol. The topological polar surface area (TPSA) is 120 Å². The molecule has 8 nitrogen and oxygen atoms in total. The first-order valence-corrected chi connectivity index (χ1v) is 4.76. The van der Waals surface area contributed by atoms with Gasteiger partial charge in [0.2, 0.25) is 0 Å². The van der Waals surface area contributed by atoms with Gasteiger partial charge in [0.25, 0.3) is 0 Å². The molecule has 0 aliphatic rings. The minimum Gasteiger partial charge on any atom is -0.476 e. The first-order valence-electron chi connectivity index (χ1n) is 4.76. The summed E-state index contributed by atoms with van der Waals surface area (Å²) in [5.74, 6) is -1.12. The van der Waals surface area contributed by atoms with Crippen LogP contribution >= 0.6 is 0 Å². The Morgan fingerprint density at radius 3 is 2.94 bits per heavy atom. The number of nitrogens with zero attached hydrogens (tertiary/aromatic N) is 3. The summed E-state index contributed by atoms with van der Waals surface area (Å²) >= 11 is 0. The Morgan fingerprint density at radius 1 is 1.62 bits per heavy atom. The zero-order chi connectivity index (χ0) is 12.0. The summed E-state index contributed by atoms with van der Waals surface area (Å²) in [6.07, 6.45) is 0.539. The van der Waals surface area contributed by atoms with Crippen LogP contribution in [0.4, 0.5) is 0 Å². The van der Waals surface area contributed by atoms with E-state index in [-0.39, 0.29) is 18.8 Å². The molecule has 0 aromatic carbocycles. The average Bonchev–Trinajstić information content (AvgIpc) is 2.72. The van der Waals surface area contributed by atoms with Crippen molar-refractivity contribution in [3.8, 4) is 0 Å². The number of hydrogen-bond acceptors (Lipinski definition) is 6. The monoisotopic (exact) mass is 230 g/mol. The van der Waals surface area contributed by atoms with Crippen LogP contribution in [0.15, 0.2) is 6.20 Å². The molecule has 0 saturated carbocycles. The van der Waals surface area contributed by atoms with Crippen LogP contribution in [-0.2, 0) is 6.54 Å². The highest BCUT2D eigenvalue weighted by Crippen LogP contribution is 1.91. The minimum atomic E-state index is -1.12. The van der Waals surface area contributed by atoms with E-state index >= 15 is 0 Å². The SMILES string of the molecule is O=C(O)c1cn(CCNCC(O)CO)nn1. The second kappa shape index (κ2) is 6.16. The summed E-state index contributed by atoms with van der Waals surface area (Å²) in [5, 5.41) is 36.0. The Kier molecular flexibility index (Phi) is 4.83. The predicted octanol–water partition coefficient (Wildman–Crippen LogP) is -2.08. The fraction of sp³-hybridized carbons (Fsp3) is 0.625. The third-order valence-electron chi connectivity index (χ3n) is 1.87. The molecule has 0 saturated heterocycles. The average molecular weight is 230 g/mol. The molecular weight excluding hydrogens is 216 g/mol. The third-order valence-corrected chi connectivity index (χ3v) is 1.87. The van der Waals surface area contributed by atoms with Crippen LogP contribution in [0, 0.1) is 0 Å². The normalized spacial score (nSPS) is 12.6. The highest BCUT2D eigenvalue weighted by Gasteiger charge is 2.07. The Balaban J connectivity index is 2.24. The molecule has 0 amide bonds. The molecule has 16 heavy (non-hydrogen) atoms. The van der Waals surface area contributed by atoms with Crippen molar-refractivity contribution in [3.63, 3.8) is 0 Å². The van der Waals surface area contributed by atoms with Gasteiger partial charge in [-0.15, -0.1) is 5.10 Å². The number of nitrogens with one attached hydrogen (secondary N) is 1. The molecule has 0 fully saturated rings. The first kappa shape index (κ1) is 12.6. The van der Waals surface area contributed by atoms with Gasteiger partial charge in [0.05, 0.1) is 25.5 Å². The first-order chi connectivity index (χ1) is 7.63. The maximum Gasteiger partial charge on any atom is 0.358 e. The van der Waals surface area contributed by atoms with Crippen molar-refractivity contribution in [1.82, 2.24) is 20.3 Å². The van der Waals surface area contributed by atoms with Gasteiger partial charge in [-0.05, 0) is 0 Å². The van der Waals surface area contributed by atoms with Gasteiger partial charge in [-0.25, -0.2) is 4.79 Å². The lowest BCUT2D eigenvalue weighted by Gasteiger charge is -2.08. The van der Waals surface area contributed by atoms with Crippen molar-refractivity contribution in [2.45, 2.75) is 12.6 Å². The Bertz CT molecular complexity index is 341. The molecule has 1 heterocycles.